The lowest BCUT2D eigenvalue weighted by atomic mass is 9.97. The molecular formula is C20H22N2O4S. The molecule has 142 valence electrons. The monoisotopic (exact) mass is 386 g/mol. The average molecular weight is 386 g/mol. The Morgan fingerprint density at radius 2 is 2.15 bits per heavy atom. The summed E-state index contributed by atoms with van der Waals surface area (Å²) >= 11 is 1.50. The molecular weight excluding hydrogens is 364 g/mol. The highest BCUT2D eigenvalue weighted by molar-refractivity contribution is 7.08. The Morgan fingerprint density at radius 1 is 1.33 bits per heavy atom. The van der Waals surface area contributed by atoms with Crippen molar-refractivity contribution in [3.8, 4) is 5.75 Å². The lowest BCUT2D eigenvalue weighted by Gasteiger charge is -2.34. The van der Waals surface area contributed by atoms with Crippen molar-refractivity contribution in [2.75, 3.05) is 20.3 Å². The van der Waals surface area contributed by atoms with Gasteiger partial charge in [0.15, 0.2) is 0 Å². The number of thiophene rings is 1. The van der Waals surface area contributed by atoms with Gasteiger partial charge in [-0.2, -0.15) is 11.3 Å². The highest BCUT2D eigenvalue weighted by Gasteiger charge is 2.37. The molecule has 1 atom stereocenters. The van der Waals surface area contributed by atoms with Gasteiger partial charge in [-0.15, -0.1) is 0 Å². The van der Waals surface area contributed by atoms with Gasteiger partial charge in [0.1, 0.15) is 12.4 Å². The van der Waals surface area contributed by atoms with Crippen LogP contribution in [0.3, 0.4) is 0 Å². The fourth-order valence-electron chi connectivity index (χ4n) is 2.93. The van der Waals surface area contributed by atoms with E-state index in [1.807, 2.05) is 48.0 Å². The van der Waals surface area contributed by atoms with Crippen LogP contribution in [0.15, 0.2) is 52.4 Å². The first-order valence-electron chi connectivity index (χ1n) is 8.67. The second kappa shape index (κ2) is 8.26. The van der Waals surface area contributed by atoms with Gasteiger partial charge in [-0.1, -0.05) is 12.1 Å². The molecule has 7 heteroatoms. The summed E-state index contributed by atoms with van der Waals surface area (Å²) in [7, 11) is 1.62. The number of carbonyl (C=O) groups is 2. The number of nitrogens with one attached hydrogen (secondary N) is 1. The van der Waals surface area contributed by atoms with E-state index in [1.54, 1.807) is 14.0 Å². The quantitative estimate of drug-likeness (QED) is 0.770. The minimum Gasteiger partial charge on any atom is -0.487 e. The summed E-state index contributed by atoms with van der Waals surface area (Å²) in [4.78, 5) is 26.6. The third-order valence-electron chi connectivity index (χ3n) is 4.31. The van der Waals surface area contributed by atoms with Crippen molar-refractivity contribution in [3.05, 3.63) is 63.5 Å². The molecule has 1 aromatic heterocycles. The molecule has 0 radical (unpaired) electrons. The van der Waals surface area contributed by atoms with Gasteiger partial charge >= 0.3 is 12.0 Å². The van der Waals surface area contributed by atoms with Gasteiger partial charge in [0, 0.05) is 7.05 Å². The average Bonchev–Trinajstić information content (AvgIpc) is 3.17. The van der Waals surface area contributed by atoms with Crippen molar-refractivity contribution in [2.24, 2.45) is 0 Å². The van der Waals surface area contributed by atoms with Crippen LogP contribution in [0.5, 0.6) is 5.75 Å². The van der Waals surface area contributed by atoms with Crippen molar-refractivity contribution >= 4 is 23.3 Å². The first-order chi connectivity index (χ1) is 13.0. The smallest absolute Gasteiger partial charge is 0.338 e. The van der Waals surface area contributed by atoms with Gasteiger partial charge in [0.2, 0.25) is 0 Å². The van der Waals surface area contributed by atoms with Gasteiger partial charge in [-0.3, -0.25) is 4.90 Å². The number of esters is 1. The molecule has 0 saturated carbocycles. The summed E-state index contributed by atoms with van der Waals surface area (Å²) in [5.41, 5.74) is 2.80. The number of hydrogen-bond donors (Lipinski definition) is 1. The molecule has 2 amide bonds. The standard InChI is InChI=1S/C20H22N2O4S/c1-4-25-19(23)17-16(11-26-15-7-5-6-13(2)10-15)22(3)20(24)21-18(17)14-8-9-27-12-14/h5-10,12,18H,4,11H2,1-3H3,(H,21,24)/t18-/m1/s1. The van der Waals surface area contributed by atoms with E-state index in [4.69, 9.17) is 9.47 Å². The van der Waals surface area contributed by atoms with Crippen molar-refractivity contribution in [1.29, 1.82) is 0 Å². The first-order valence-corrected chi connectivity index (χ1v) is 9.61. The fraction of sp³-hybridized carbons (Fsp3) is 0.300. The minimum atomic E-state index is -0.560. The molecule has 6 nitrogen and oxygen atoms in total. The Kier molecular flexibility index (Phi) is 5.81. The molecule has 0 fully saturated rings. The number of rotatable bonds is 6. The third-order valence-corrected chi connectivity index (χ3v) is 5.02. The summed E-state index contributed by atoms with van der Waals surface area (Å²) < 4.78 is 11.2. The van der Waals surface area contributed by atoms with Gasteiger partial charge in [0.25, 0.3) is 0 Å². The van der Waals surface area contributed by atoms with Crippen molar-refractivity contribution in [1.82, 2.24) is 10.2 Å². The van der Waals surface area contributed by atoms with Crippen LogP contribution in [-0.2, 0) is 9.53 Å². The van der Waals surface area contributed by atoms with Gasteiger partial charge in [-0.25, -0.2) is 9.59 Å². The highest BCUT2D eigenvalue weighted by atomic mass is 32.1. The second-order valence-electron chi connectivity index (χ2n) is 6.18. The van der Waals surface area contributed by atoms with Gasteiger partial charge < -0.3 is 14.8 Å². The zero-order valence-corrected chi connectivity index (χ0v) is 16.3. The van der Waals surface area contributed by atoms with Crippen molar-refractivity contribution < 1.29 is 19.1 Å². The van der Waals surface area contributed by atoms with Crippen LogP contribution in [-0.4, -0.2) is 37.2 Å². The zero-order chi connectivity index (χ0) is 19.4. The number of urea groups is 1. The summed E-state index contributed by atoms with van der Waals surface area (Å²) in [5, 5.41) is 6.69. The molecule has 0 aliphatic carbocycles. The molecule has 0 bridgehead atoms. The Labute approximate surface area is 162 Å². The molecule has 0 saturated heterocycles. The summed E-state index contributed by atoms with van der Waals surface area (Å²) in [6.45, 7) is 4.07. The number of amides is 2. The predicted molar refractivity (Wildman–Crippen MR) is 104 cm³/mol. The molecule has 0 unspecified atom stereocenters. The summed E-state index contributed by atoms with van der Waals surface area (Å²) in [6.07, 6.45) is 0. The molecule has 3 rings (SSSR count). The second-order valence-corrected chi connectivity index (χ2v) is 6.96. The van der Waals surface area contributed by atoms with Crippen LogP contribution in [0.1, 0.15) is 24.1 Å². The number of aryl methyl sites for hydroxylation is 1. The van der Waals surface area contributed by atoms with E-state index in [2.05, 4.69) is 5.32 Å². The van der Waals surface area contributed by atoms with Crippen LogP contribution in [0, 0.1) is 6.92 Å². The summed E-state index contributed by atoms with van der Waals surface area (Å²) in [5.74, 6) is 0.223. The number of nitrogens with zero attached hydrogens (tertiary/aromatic N) is 1. The summed E-state index contributed by atoms with van der Waals surface area (Å²) in [6, 6.07) is 8.66. The lowest BCUT2D eigenvalue weighted by Crippen LogP contribution is -2.48. The van der Waals surface area contributed by atoms with E-state index in [0.717, 1.165) is 11.1 Å². The largest absolute Gasteiger partial charge is 0.487 e. The van der Waals surface area contributed by atoms with Crippen LogP contribution >= 0.6 is 11.3 Å². The van der Waals surface area contributed by atoms with Crippen LogP contribution in [0.2, 0.25) is 0 Å². The molecule has 2 aromatic rings. The first kappa shape index (κ1) is 19.0. The van der Waals surface area contributed by atoms with Crippen molar-refractivity contribution in [2.45, 2.75) is 19.9 Å². The van der Waals surface area contributed by atoms with E-state index in [0.29, 0.717) is 17.0 Å². The zero-order valence-electron chi connectivity index (χ0n) is 15.5. The maximum atomic E-state index is 12.7. The molecule has 0 spiro atoms. The van der Waals surface area contributed by atoms with E-state index in [9.17, 15) is 9.59 Å². The third kappa shape index (κ3) is 4.14. The van der Waals surface area contributed by atoms with Crippen molar-refractivity contribution in [3.63, 3.8) is 0 Å². The molecule has 1 aliphatic heterocycles. The van der Waals surface area contributed by atoms with Gasteiger partial charge in [-0.05, 0) is 53.9 Å². The topological polar surface area (TPSA) is 67.9 Å². The molecule has 27 heavy (non-hydrogen) atoms. The van der Waals surface area contributed by atoms with Crippen LogP contribution in [0.4, 0.5) is 4.79 Å². The Bertz CT molecular complexity index is 861. The number of ether oxygens (including phenoxy) is 2. The predicted octanol–water partition coefficient (Wildman–Crippen LogP) is 3.65. The lowest BCUT2D eigenvalue weighted by molar-refractivity contribution is -0.139. The number of hydrogen-bond acceptors (Lipinski definition) is 5. The van der Waals surface area contributed by atoms with Gasteiger partial charge in [0.05, 0.1) is 23.9 Å². The van der Waals surface area contributed by atoms with Crippen LogP contribution in [0.25, 0.3) is 0 Å². The SMILES string of the molecule is CCOC(=O)C1=C(COc2cccc(C)c2)N(C)C(=O)N[C@@H]1c1ccsc1. The maximum Gasteiger partial charge on any atom is 0.338 e. The molecule has 2 heterocycles. The molecule has 1 N–H and O–H groups in total. The van der Waals surface area contributed by atoms with E-state index in [-0.39, 0.29) is 19.2 Å². The molecule has 1 aromatic carbocycles. The maximum absolute atomic E-state index is 12.7. The van der Waals surface area contributed by atoms with E-state index in [1.165, 1.54) is 16.2 Å². The van der Waals surface area contributed by atoms with Crippen LogP contribution < -0.4 is 10.1 Å². The fourth-order valence-corrected chi connectivity index (χ4v) is 3.61. The highest BCUT2D eigenvalue weighted by Crippen LogP contribution is 2.32. The molecule has 1 aliphatic rings. The van der Waals surface area contributed by atoms with E-state index < -0.39 is 12.0 Å². The number of likely N-dealkylation sites (N-methyl/N-ethyl adjacent to an activating group) is 1. The normalized spacial score (nSPS) is 16.9. The van der Waals surface area contributed by atoms with E-state index >= 15 is 0 Å². The number of carbonyl (C=O) groups excluding carboxylic acids is 2. The Morgan fingerprint density at radius 3 is 2.81 bits per heavy atom. The Hall–Kier alpha value is -2.80. The Balaban J connectivity index is 1.99. The minimum absolute atomic E-state index is 0.0855. The number of benzene rings is 1.